The molecule has 4 aliphatic carbocycles. The maximum absolute atomic E-state index is 14.5. The molecule has 1 N–H and O–H groups in total. The van der Waals surface area contributed by atoms with E-state index in [4.69, 9.17) is 4.84 Å². The van der Waals surface area contributed by atoms with E-state index in [1.807, 2.05) is 6.92 Å². The minimum Gasteiger partial charge on any atom is -0.391 e. The van der Waals surface area contributed by atoms with E-state index in [1.54, 1.807) is 0 Å². The number of halogens is 1. The van der Waals surface area contributed by atoms with Crippen molar-refractivity contribution < 1.29 is 18.8 Å². The molecule has 0 spiro atoms. The normalized spacial score (nSPS) is 50.8. The number of nitrogens with one attached hydrogen (secondary N) is 1. The monoisotopic (exact) mass is 432 g/mol. The molecule has 6 heteroatoms. The fourth-order valence-corrected chi connectivity index (χ4v) is 8.34. The van der Waals surface area contributed by atoms with Crippen molar-refractivity contribution in [1.82, 2.24) is 5.32 Å². The first-order valence-corrected chi connectivity index (χ1v) is 12.4. The Balaban J connectivity index is 1.42. The van der Waals surface area contributed by atoms with Gasteiger partial charge in [-0.25, -0.2) is 4.39 Å². The molecule has 6 unspecified atom stereocenters. The second kappa shape index (κ2) is 7.64. The molecule has 31 heavy (non-hydrogen) atoms. The third-order valence-corrected chi connectivity index (χ3v) is 10.0. The molecule has 1 saturated heterocycles. The lowest BCUT2D eigenvalue weighted by atomic mass is 9.43. The van der Waals surface area contributed by atoms with Crippen LogP contribution >= 0.6 is 0 Å². The molecule has 0 amide bonds. The Hall–Kier alpha value is -1.30. The predicted octanol–water partition coefficient (Wildman–Crippen LogP) is 4.10. The number of nitrogens with zero attached hydrogens (tertiary/aromatic N) is 1. The molecule has 5 aliphatic rings. The predicted molar refractivity (Wildman–Crippen MR) is 116 cm³/mol. The molecule has 1 aliphatic heterocycles. The molecular formula is C25H37FN2O3. The van der Waals surface area contributed by atoms with E-state index < -0.39 is 11.6 Å². The Labute approximate surface area is 184 Å². The molecule has 172 valence electrons. The van der Waals surface area contributed by atoms with Gasteiger partial charge in [-0.1, -0.05) is 25.9 Å². The Kier molecular flexibility index (Phi) is 5.31. The lowest BCUT2D eigenvalue weighted by Crippen LogP contribution is -2.59. The number of hydrogen-bond donors (Lipinski definition) is 1. The third-order valence-electron chi connectivity index (χ3n) is 10.0. The van der Waals surface area contributed by atoms with Crippen molar-refractivity contribution in [1.29, 1.82) is 0 Å². The zero-order valence-electron chi connectivity index (χ0n) is 19.2. The van der Waals surface area contributed by atoms with Crippen LogP contribution in [0.3, 0.4) is 0 Å². The van der Waals surface area contributed by atoms with Crippen molar-refractivity contribution in [3.05, 3.63) is 0 Å². The van der Waals surface area contributed by atoms with Gasteiger partial charge in [-0.05, 0) is 68.2 Å². The second-order valence-electron chi connectivity index (χ2n) is 11.4. The summed E-state index contributed by atoms with van der Waals surface area (Å²) in [7, 11) is 0. The van der Waals surface area contributed by atoms with E-state index in [9.17, 15) is 14.0 Å². The molecule has 0 aromatic carbocycles. The summed E-state index contributed by atoms with van der Waals surface area (Å²) in [6, 6.07) is 0. The van der Waals surface area contributed by atoms with Crippen LogP contribution in [0.15, 0.2) is 5.16 Å². The molecule has 0 aromatic heterocycles. The maximum Gasteiger partial charge on any atom is 0.173 e. The number of oxime groups is 1. The number of fused-ring (bicyclic) bond motifs is 5. The van der Waals surface area contributed by atoms with Gasteiger partial charge in [0.15, 0.2) is 12.0 Å². The largest absolute Gasteiger partial charge is 0.391 e. The summed E-state index contributed by atoms with van der Waals surface area (Å²) in [5.41, 5.74) is 0.399. The summed E-state index contributed by atoms with van der Waals surface area (Å²) in [5.74, 6) is 0.760. The van der Waals surface area contributed by atoms with Gasteiger partial charge in [-0.3, -0.25) is 9.59 Å². The van der Waals surface area contributed by atoms with Crippen molar-refractivity contribution in [2.24, 2.45) is 45.6 Å². The van der Waals surface area contributed by atoms with Crippen LogP contribution in [0.1, 0.15) is 72.1 Å². The molecule has 0 bridgehead atoms. The molecule has 4 saturated carbocycles. The first-order chi connectivity index (χ1) is 14.8. The molecule has 1 heterocycles. The van der Waals surface area contributed by atoms with Gasteiger partial charge in [0.25, 0.3) is 0 Å². The standard InChI is InChI=1S/C25H37FN2O3/c1-4-15-20(28-31-14-7-10-27-13-14)6-9-24(2)17-5-8-25(3)18(12-19(26)23(25)30)16(17)11-21(29)22(15)24/h14-19,22,27H,4-13H2,1-3H3/t14?,15-,16?,17?,18?,19?,22?,24+,25-/m0/s1. The molecule has 5 fully saturated rings. The SMILES string of the molecule is CC[C@H]1C(=NOC2CCNC2)CC[C@]2(C)C3CC[C@]4(C)C(=O)C(F)CC4C3CC(=O)C12. The number of carbonyl (C=O) groups is 2. The van der Waals surface area contributed by atoms with Gasteiger partial charge >= 0.3 is 0 Å². The van der Waals surface area contributed by atoms with Gasteiger partial charge in [0.2, 0.25) is 0 Å². The fraction of sp³-hybridized carbons (Fsp3) is 0.880. The second-order valence-corrected chi connectivity index (χ2v) is 11.4. The van der Waals surface area contributed by atoms with E-state index in [1.165, 1.54) is 0 Å². The lowest BCUT2D eigenvalue weighted by Gasteiger charge is -2.60. The number of Topliss-reactive ketones (excluding diaryl/α,β-unsaturated/α-hetero) is 2. The smallest absolute Gasteiger partial charge is 0.173 e. The minimum absolute atomic E-state index is 0.0174. The Morgan fingerprint density at radius 1 is 1.19 bits per heavy atom. The first-order valence-electron chi connectivity index (χ1n) is 12.4. The number of hydrogen-bond acceptors (Lipinski definition) is 5. The van der Waals surface area contributed by atoms with Crippen LogP contribution in [0, 0.1) is 40.4 Å². The van der Waals surface area contributed by atoms with Crippen molar-refractivity contribution in [2.75, 3.05) is 13.1 Å². The van der Waals surface area contributed by atoms with Crippen molar-refractivity contribution in [3.63, 3.8) is 0 Å². The van der Waals surface area contributed by atoms with Gasteiger partial charge in [-0.2, -0.15) is 0 Å². The topological polar surface area (TPSA) is 67.8 Å². The highest BCUT2D eigenvalue weighted by Crippen LogP contribution is 2.65. The summed E-state index contributed by atoms with van der Waals surface area (Å²) in [5, 5.41) is 7.90. The molecular weight excluding hydrogens is 395 g/mol. The molecule has 9 atom stereocenters. The van der Waals surface area contributed by atoms with Crippen molar-refractivity contribution in [2.45, 2.75) is 84.4 Å². The van der Waals surface area contributed by atoms with Crippen molar-refractivity contribution >= 4 is 17.3 Å². The highest BCUT2D eigenvalue weighted by molar-refractivity contribution is 5.95. The molecule has 0 radical (unpaired) electrons. The Bertz CT molecular complexity index is 794. The number of alkyl halides is 1. The lowest BCUT2D eigenvalue weighted by molar-refractivity contribution is -0.156. The van der Waals surface area contributed by atoms with Gasteiger partial charge in [0.05, 0.1) is 5.71 Å². The summed E-state index contributed by atoms with van der Waals surface area (Å²) < 4.78 is 14.5. The van der Waals surface area contributed by atoms with Crippen LogP contribution < -0.4 is 5.32 Å². The van der Waals surface area contributed by atoms with Crippen LogP contribution in [-0.2, 0) is 14.4 Å². The third kappa shape index (κ3) is 3.14. The van der Waals surface area contributed by atoms with E-state index in [-0.39, 0.29) is 41.0 Å². The van der Waals surface area contributed by atoms with Gasteiger partial charge in [0, 0.05) is 36.6 Å². The number of ketones is 2. The van der Waals surface area contributed by atoms with Crippen LogP contribution in [0.4, 0.5) is 4.39 Å². The first kappa shape index (κ1) is 21.5. The van der Waals surface area contributed by atoms with Crippen LogP contribution in [-0.4, -0.2) is 42.6 Å². The van der Waals surface area contributed by atoms with E-state index in [0.29, 0.717) is 24.5 Å². The molecule has 5 nitrogen and oxygen atoms in total. The fourth-order valence-electron chi connectivity index (χ4n) is 8.34. The quantitative estimate of drug-likeness (QED) is 0.682. The van der Waals surface area contributed by atoms with Crippen LogP contribution in [0.2, 0.25) is 0 Å². The minimum atomic E-state index is -1.34. The van der Waals surface area contributed by atoms with Crippen LogP contribution in [0.25, 0.3) is 0 Å². The van der Waals surface area contributed by atoms with Gasteiger partial charge in [-0.15, -0.1) is 0 Å². The van der Waals surface area contributed by atoms with E-state index >= 15 is 0 Å². The highest BCUT2D eigenvalue weighted by atomic mass is 19.1. The molecule has 0 aromatic rings. The van der Waals surface area contributed by atoms with E-state index in [0.717, 1.165) is 57.3 Å². The number of carbonyl (C=O) groups excluding carboxylic acids is 2. The zero-order chi connectivity index (χ0) is 22.0. The Morgan fingerprint density at radius 3 is 2.71 bits per heavy atom. The van der Waals surface area contributed by atoms with Gasteiger partial charge < -0.3 is 10.2 Å². The summed E-state index contributed by atoms with van der Waals surface area (Å²) in [6.07, 6.45) is 4.98. The summed E-state index contributed by atoms with van der Waals surface area (Å²) in [4.78, 5) is 32.1. The van der Waals surface area contributed by atoms with Gasteiger partial charge in [0.1, 0.15) is 11.9 Å². The van der Waals surface area contributed by atoms with Crippen molar-refractivity contribution in [3.8, 4) is 0 Å². The average molecular weight is 433 g/mol. The summed E-state index contributed by atoms with van der Waals surface area (Å²) in [6.45, 7) is 8.23. The maximum atomic E-state index is 14.5. The summed E-state index contributed by atoms with van der Waals surface area (Å²) >= 11 is 0. The van der Waals surface area contributed by atoms with Crippen LogP contribution in [0.5, 0.6) is 0 Å². The highest BCUT2D eigenvalue weighted by Gasteiger charge is 2.65. The molecule has 5 rings (SSSR count). The number of rotatable bonds is 3. The average Bonchev–Trinajstić information content (AvgIpc) is 3.34. The zero-order valence-corrected chi connectivity index (χ0v) is 19.2. The van der Waals surface area contributed by atoms with E-state index in [2.05, 4.69) is 24.3 Å². The Morgan fingerprint density at radius 2 is 2.00 bits per heavy atom.